The van der Waals surface area contributed by atoms with Gasteiger partial charge in [0.1, 0.15) is 29.4 Å². The monoisotopic (exact) mass is 599 g/mol. The first-order chi connectivity index (χ1) is 19.8. The number of nitrogens with two attached hydrogens (primary N) is 1. The van der Waals surface area contributed by atoms with Gasteiger partial charge in [-0.05, 0) is 65.3 Å². The molecule has 0 bridgehead atoms. The molecule has 2 aromatic rings. The van der Waals surface area contributed by atoms with E-state index in [0.717, 1.165) is 6.07 Å². The van der Waals surface area contributed by atoms with Crippen LogP contribution >= 0.6 is 0 Å². The van der Waals surface area contributed by atoms with Gasteiger partial charge in [0.05, 0.1) is 17.6 Å². The van der Waals surface area contributed by atoms with Crippen molar-refractivity contribution in [2.24, 2.45) is 40.2 Å². The van der Waals surface area contributed by atoms with Gasteiger partial charge in [-0.2, -0.15) is 0 Å². The molecule has 2 fully saturated rings. The number of halogens is 2. The van der Waals surface area contributed by atoms with Crippen LogP contribution in [0.5, 0.6) is 5.75 Å². The molecular formula is C33H39F2NO7. The quantitative estimate of drug-likeness (QED) is 0.336. The Morgan fingerprint density at radius 1 is 1.05 bits per heavy atom. The lowest BCUT2D eigenvalue weighted by atomic mass is 9.39. The van der Waals surface area contributed by atoms with Gasteiger partial charge < -0.3 is 26.2 Å². The minimum absolute atomic E-state index is 0.0210. The highest BCUT2D eigenvalue weighted by atomic mass is 19.1. The number of aromatic hydroxyl groups is 1. The molecule has 2 unspecified atom stereocenters. The number of aliphatic hydroxyl groups is 3. The molecule has 3 aliphatic carbocycles. The predicted octanol–water partition coefficient (Wildman–Crippen LogP) is 3.64. The zero-order valence-corrected chi connectivity index (χ0v) is 25.1. The van der Waals surface area contributed by atoms with Crippen LogP contribution in [0.2, 0.25) is 0 Å². The topological polar surface area (TPSA) is 158 Å². The molecule has 3 aliphatic rings. The van der Waals surface area contributed by atoms with Gasteiger partial charge in [-0.25, -0.2) is 8.78 Å². The minimum atomic E-state index is -2.63. The summed E-state index contributed by atoms with van der Waals surface area (Å²) >= 11 is 0. The first-order valence-electron chi connectivity index (χ1n) is 14.6. The lowest BCUT2D eigenvalue weighted by molar-refractivity contribution is -0.265. The van der Waals surface area contributed by atoms with E-state index in [1.54, 1.807) is 33.8 Å². The van der Waals surface area contributed by atoms with Crippen molar-refractivity contribution >= 4 is 17.5 Å². The summed E-state index contributed by atoms with van der Waals surface area (Å²) in [6, 6.07) is 4.47. The number of carbonyl (C=O) groups is 3. The molecule has 0 aliphatic heterocycles. The fourth-order valence-corrected chi connectivity index (χ4v) is 9.06. The van der Waals surface area contributed by atoms with Crippen LogP contribution in [0.3, 0.4) is 0 Å². The van der Waals surface area contributed by atoms with Gasteiger partial charge in [-0.15, -0.1) is 0 Å². The van der Waals surface area contributed by atoms with E-state index < -0.39 is 81.3 Å². The van der Waals surface area contributed by atoms with Crippen LogP contribution in [-0.2, 0) is 16.0 Å². The van der Waals surface area contributed by atoms with Crippen molar-refractivity contribution in [3.63, 3.8) is 0 Å². The SMILES string of the molecule is CC(C)c1cc(-c2ccc(F)cc2F)c(O)c2c1C[C@]1(C)C[C@]3(C)[C@@H](C(C)C)C(O)[C@@H](C(N)=O)C(=O)[C@]3(O)C(O)[C@H]1C2=O. The number of Topliss-reactive ketones (excluding diaryl/α,β-unsaturated/α-hetero) is 2. The second kappa shape index (κ2) is 9.90. The van der Waals surface area contributed by atoms with E-state index >= 15 is 0 Å². The Kier molecular flexibility index (Phi) is 7.19. The molecule has 0 radical (unpaired) electrons. The maximum atomic E-state index is 14.9. The van der Waals surface area contributed by atoms with Gasteiger partial charge in [-0.1, -0.05) is 41.5 Å². The molecule has 2 aromatic carbocycles. The zero-order chi connectivity index (χ0) is 32.1. The van der Waals surface area contributed by atoms with Crippen LogP contribution in [0.4, 0.5) is 8.78 Å². The van der Waals surface area contributed by atoms with E-state index in [2.05, 4.69) is 0 Å². The maximum absolute atomic E-state index is 14.9. The normalized spacial score (nSPS) is 35.5. The summed E-state index contributed by atoms with van der Waals surface area (Å²) in [6.45, 7) is 10.7. The molecule has 8 nitrogen and oxygen atoms in total. The maximum Gasteiger partial charge on any atom is 0.230 e. The van der Waals surface area contributed by atoms with Crippen molar-refractivity contribution < 1.29 is 43.6 Å². The highest BCUT2D eigenvalue weighted by molar-refractivity contribution is 6.10. The van der Waals surface area contributed by atoms with Crippen LogP contribution in [0.1, 0.15) is 75.4 Å². The number of carbonyl (C=O) groups excluding carboxylic acids is 3. The number of primary amides is 1. The highest BCUT2D eigenvalue weighted by Crippen LogP contribution is 2.66. The number of hydrogen-bond donors (Lipinski definition) is 5. The summed E-state index contributed by atoms with van der Waals surface area (Å²) < 4.78 is 28.6. The summed E-state index contributed by atoms with van der Waals surface area (Å²) in [5.41, 5.74) is 1.20. The number of ketones is 2. The molecule has 0 heterocycles. The van der Waals surface area contributed by atoms with Crippen molar-refractivity contribution in [1.82, 2.24) is 0 Å². The van der Waals surface area contributed by atoms with Gasteiger partial charge in [-0.3, -0.25) is 14.4 Å². The van der Waals surface area contributed by atoms with Crippen molar-refractivity contribution in [2.45, 2.75) is 78.1 Å². The molecule has 0 spiro atoms. The Hall–Kier alpha value is -3.21. The predicted molar refractivity (Wildman–Crippen MR) is 153 cm³/mol. The van der Waals surface area contributed by atoms with Crippen LogP contribution < -0.4 is 5.73 Å². The summed E-state index contributed by atoms with van der Waals surface area (Å²) in [5.74, 6) is -9.94. The summed E-state index contributed by atoms with van der Waals surface area (Å²) in [4.78, 5) is 40.7. The van der Waals surface area contributed by atoms with Crippen molar-refractivity contribution in [3.8, 4) is 16.9 Å². The van der Waals surface area contributed by atoms with Crippen LogP contribution in [0.25, 0.3) is 11.1 Å². The van der Waals surface area contributed by atoms with E-state index in [-0.39, 0.29) is 41.4 Å². The first-order valence-corrected chi connectivity index (χ1v) is 14.6. The smallest absolute Gasteiger partial charge is 0.230 e. The first kappa shape index (κ1) is 31.2. The van der Waals surface area contributed by atoms with Gasteiger partial charge in [0, 0.05) is 22.6 Å². The lowest BCUT2D eigenvalue weighted by Crippen LogP contribution is -2.79. The lowest BCUT2D eigenvalue weighted by Gasteiger charge is -2.66. The fraction of sp³-hybridized carbons (Fsp3) is 0.545. The molecule has 1 amide bonds. The molecule has 43 heavy (non-hydrogen) atoms. The number of amides is 1. The Labute approximate surface area is 248 Å². The molecule has 232 valence electrons. The molecular weight excluding hydrogens is 560 g/mol. The van der Waals surface area contributed by atoms with Gasteiger partial charge in [0.15, 0.2) is 17.2 Å². The van der Waals surface area contributed by atoms with Gasteiger partial charge in [0.2, 0.25) is 5.91 Å². The van der Waals surface area contributed by atoms with E-state index in [0.29, 0.717) is 17.2 Å². The Morgan fingerprint density at radius 3 is 2.21 bits per heavy atom. The number of aliphatic hydroxyl groups excluding tert-OH is 2. The number of fused-ring (bicyclic) bond motifs is 3. The van der Waals surface area contributed by atoms with E-state index in [9.17, 15) is 43.6 Å². The molecule has 2 saturated carbocycles. The van der Waals surface area contributed by atoms with Crippen LogP contribution in [0, 0.1) is 46.1 Å². The Bertz CT molecular complexity index is 1560. The number of rotatable bonds is 4. The third kappa shape index (κ3) is 4.05. The Balaban J connectivity index is 1.76. The third-order valence-electron chi connectivity index (χ3n) is 10.7. The summed E-state index contributed by atoms with van der Waals surface area (Å²) in [6.07, 6.45) is -3.36. The molecule has 8 atom stereocenters. The average molecular weight is 600 g/mol. The van der Waals surface area contributed by atoms with Crippen molar-refractivity contribution in [2.75, 3.05) is 0 Å². The molecule has 5 rings (SSSR count). The van der Waals surface area contributed by atoms with Crippen molar-refractivity contribution in [1.29, 1.82) is 0 Å². The number of phenols is 1. The number of hydrogen-bond acceptors (Lipinski definition) is 7. The standard InChI is InChI=1S/C33H39F2NO7/c1-13(2)17-10-18(16-8-7-15(34)9-20(16)35)25(37)21-19(17)11-31(5)12-32(6)23(14(3)4)27(39)22(30(36)42)28(40)33(32,43)29(41)24(31)26(21)38/h7-10,13-14,22-24,27,29,37,39,41,43H,11-12H2,1-6H3,(H2,36,42)/t22-,23+,24-,27?,29?,31-,32-,33+/m1/s1. The zero-order valence-electron chi connectivity index (χ0n) is 25.1. The van der Waals surface area contributed by atoms with E-state index in [1.165, 1.54) is 6.07 Å². The molecule has 6 N–H and O–H groups in total. The summed E-state index contributed by atoms with van der Waals surface area (Å²) in [5, 5.41) is 47.0. The minimum Gasteiger partial charge on any atom is -0.507 e. The second-order valence-corrected chi connectivity index (χ2v) is 14.0. The Morgan fingerprint density at radius 2 is 1.67 bits per heavy atom. The fourth-order valence-electron chi connectivity index (χ4n) is 9.06. The van der Waals surface area contributed by atoms with Gasteiger partial charge >= 0.3 is 0 Å². The van der Waals surface area contributed by atoms with Crippen molar-refractivity contribution in [3.05, 3.63) is 52.6 Å². The van der Waals surface area contributed by atoms with Crippen LogP contribution in [-0.4, -0.2) is 55.7 Å². The molecule has 0 saturated heterocycles. The van der Waals surface area contributed by atoms with Crippen LogP contribution in [0.15, 0.2) is 24.3 Å². The highest BCUT2D eigenvalue weighted by Gasteiger charge is 2.76. The summed E-state index contributed by atoms with van der Waals surface area (Å²) in [7, 11) is 0. The molecule has 0 aromatic heterocycles. The number of phenolic OH excluding ortho intramolecular Hbond substituents is 1. The number of benzene rings is 2. The largest absolute Gasteiger partial charge is 0.507 e. The molecule has 10 heteroatoms. The third-order valence-corrected chi connectivity index (χ3v) is 10.7. The van der Waals surface area contributed by atoms with E-state index in [1.807, 2.05) is 13.8 Å². The van der Waals surface area contributed by atoms with E-state index in [4.69, 9.17) is 5.73 Å². The average Bonchev–Trinajstić information content (AvgIpc) is 2.86. The second-order valence-electron chi connectivity index (χ2n) is 14.0. The van der Waals surface area contributed by atoms with Gasteiger partial charge in [0.25, 0.3) is 0 Å².